The molecule has 4 rings (SSSR count). The van der Waals surface area contributed by atoms with Gasteiger partial charge in [-0.05, 0) is 42.9 Å². The molecule has 27 heavy (non-hydrogen) atoms. The van der Waals surface area contributed by atoms with Crippen molar-refractivity contribution >= 4 is 38.5 Å². The van der Waals surface area contributed by atoms with Crippen LogP contribution in [0.1, 0.15) is 5.56 Å². The van der Waals surface area contributed by atoms with Crippen LogP contribution in [-0.2, 0) is 6.54 Å². The van der Waals surface area contributed by atoms with Crippen LogP contribution in [0.15, 0.2) is 53.1 Å². The minimum absolute atomic E-state index is 0.804. The van der Waals surface area contributed by atoms with Crippen LogP contribution in [0.25, 0.3) is 11.0 Å². The standard InChI is InChI=1S/C21H24BrN5/c1-25-8-10-27(11-9-25)18-5-3-4-16(12-18)15-26(2)21-14-23-20-13-17(22)6-7-19(20)24-21/h3-7,12-14H,8-11,15H2,1-2H3. The maximum atomic E-state index is 4.76. The Hall–Kier alpha value is -2.18. The fourth-order valence-corrected chi connectivity index (χ4v) is 3.78. The minimum Gasteiger partial charge on any atom is -0.369 e. The Balaban J connectivity index is 1.50. The number of hydrogen-bond acceptors (Lipinski definition) is 5. The van der Waals surface area contributed by atoms with Gasteiger partial charge in [0.15, 0.2) is 0 Å². The van der Waals surface area contributed by atoms with Gasteiger partial charge in [0.05, 0.1) is 17.2 Å². The number of anilines is 2. The van der Waals surface area contributed by atoms with E-state index in [1.54, 1.807) is 0 Å². The highest BCUT2D eigenvalue weighted by Gasteiger charge is 2.15. The second kappa shape index (κ2) is 7.82. The lowest BCUT2D eigenvalue weighted by molar-refractivity contribution is 0.313. The Morgan fingerprint density at radius 3 is 2.67 bits per heavy atom. The molecule has 0 aliphatic carbocycles. The van der Waals surface area contributed by atoms with E-state index in [4.69, 9.17) is 4.98 Å². The zero-order valence-corrected chi connectivity index (χ0v) is 17.4. The van der Waals surface area contributed by atoms with Crippen molar-refractivity contribution in [1.82, 2.24) is 14.9 Å². The molecule has 0 bridgehead atoms. The molecule has 1 aromatic heterocycles. The number of aromatic nitrogens is 2. The van der Waals surface area contributed by atoms with Crippen LogP contribution >= 0.6 is 15.9 Å². The molecule has 0 unspecified atom stereocenters. The van der Waals surface area contributed by atoms with Crippen LogP contribution in [0.2, 0.25) is 0 Å². The molecular formula is C21H24BrN5. The predicted octanol–water partition coefficient (Wildman–Crippen LogP) is 3.78. The Labute approximate surface area is 168 Å². The van der Waals surface area contributed by atoms with Crippen molar-refractivity contribution in [2.45, 2.75) is 6.54 Å². The zero-order valence-electron chi connectivity index (χ0n) is 15.8. The van der Waals surface area contributed by atoms with Gasteiger partial charge in [0.25, 0.3) is 0 Å². The molecule has 0 amide bonds. The second-order valence-corrected chi connectivity index (χ2v) is 8.09. The molecule has 5 nitrogen and oxygen atoms in total. The summed E-state index contributed by atoms with van der Waals surface area (Å²) in [5.74, 6) is 0.884. The van der Waals surface area contributed by atoms with Gasteiger partial charge in [-0.2, -0.15) is 0 Å². The number of likely N-dealkylation sites (N-methyl/N-ethyl adjacent to an activating group) is 1. The molecule has 0 spiro atoms. The van der Waals surface area contributed by atoms with Crippen molar-refractivity contribution in [1.29, 1.82) is 0 Å². The largest absolute Gasteiger partial charge is 0.369 e. The highest BCUT2D eigenvalue weighted by atomic mass is 79.9. The van der Waals surface area contributed by atoms with E-state index in [9.17, 15) is 0 Å². The first kappa shape index (κ1) is 18.2. The first-order valence-electron chi connectivity index (χ1n) is 9.24. The number of rotatable bonds is 4. The van der Waals surface area contributed by atoms with Crippen LogP contribution < -0.4 is 9.80 Å². The molecule has 0 radical (unpaired) electrons. The first-order chi connectivity index (χ1) is 13.1. The molecule has 2 aromatic carbocycles. The van der Waals surface area contributed by atoms with Crippen LogP contribution in [0.3, 0.4) is 0 Å². The van der Waals surface area contributed by atoms with Gasteiger partial charge >= 0.3 is 0 Å². The molecule has 6 heteroatoms. The molecule has 1 aliphatic heterocycles. The molecule has 0 saturated carbocycles. The van der Waals surface area contributed by atoms with Gasteiger partial charge in [-0.25, -0.2) is 4.98 Å². The van der Waals surface area contributed by atoms with Gasteiger partial charge in [0.1, 0.15) is 5.82 Å². The number of hydrogen-bond donors (Lipinski definition) is 0. The normalized spacial score (nSPS) is 15.3. The summed E-state index contributed by atoms with van der Waals surface area (Å²) >= 11 is 3.48. The number of nitrogens with zero attached hydrogens (tertiary/aromatic N) is 5. The lowest BCUT2D eigenvalue weighted by Crippen LogP contribution is -2.44. The number of halogens is 1. The van der Waals surface area contributed by atoms with Gasteiger partial charge in [-0.3, -0.25) is 4.98 Å². The van der Waals surface area contributed by atoms with E-state index in [2.05, 4.69) is 74.0 Å². The molecule has 3 aromatic rings. The highest BCUT2D eigenvalue weighted by Crippen LogP contribution is 2.22. The van der Waals surface area contributed by atoms with Crippen LogP contribution in [0.5, 0.6) is 0 Å². The van der Waals surface area contributed by atoms with Crippen LogP contribution in [0, 0.1) is 0 Å². The molecule has 1 aliphatic rings. The summed E-state index contributed by atoms with van der Waals surface area (Å²) in [6.45, 7) is 5.21. The Bertz CT molecular complexity index is 937. The van der Waals surface area contributed by atoms with E-state index in [1.165, 1.54) is 11.3 Å². The maximum absolute atomic E-state index is 4.76. The number of piperazine rings is 1. The van der Waals surface area contributed by atoms with Crippen molar-refractivity contribution in [2.75, 3.05) is 50.1 Å². The number of benzene rings is 2. The predicted molar refractivity (Wildman–Crippen MR) is 115 cm³/mol. The molecule has 1 saturated heterocycles. The lowest BCUT2D eigenvalue weighted by atomic mass is 10.1. The summed E-state index contributed by atoms with van der Waals surface area (Å²) in [6, 6.07) is 14.8. The zero-order chi connectivity index (χ0) is 18.8. The Morgan fingerprint density at radius 1 is 1.04 bits per heavy atom. The van der Waals surface area contributed by atoms with E-state index in [0.29, 0.717) is 0 Å². The second-order valence-electron chi connectivity index (χ2n) is 7.18. The maximum Gasteiger partial charge on any atom is 0.147 e. The molecule has 2 heterocycles. The quantitative estimate of drug-likeness (QED) is 0.635. The summed E-state index contributed by atoms with van der Waals surface area (Å²) in [7, 11) is 4.25. The van der Waals surface area contributed by atoms with E-state index < -0.39 is 0 Å². The minimum atomic E-state index is 0.804. The smallest absolute Gasteiger partial charge is 0.147 e. The van der Waals surface area contributed by atoms with Gasteiger partial charge in [-0.15, -0.1) is 0 Å². The van der Waals surface area contributed by atoms with Gasteiger partial charge < -0.3 is 14.7 Å². The van der Waals surface area contributed by atoms with Gasteiger partial charge in [-0.1, -0.05) is 28.1 Å². The summed E-state index contributed by atoms with van der Waals surface area (Å²) in [6.07, 6.45) is 1.85. The third-order valence-corrected chi connectivity index (χ3v) is 5.57. The Morgan fingerprint density at radius 2 is 1.85 bits per heavy atom. The topological polar surface area (TPSA) is 35.5 Å². The average molecular weight is 426 g/mol. The van der Waals surface area contributed by atoms with Crippen LogP contribution in [0.4, 0.5) is 11.5 Å². The lowest BCUT2D eigenvalue weighted by Gasteiger charge is -2.34. The third-order valence-electron chi connectivity index (χ3n) is 5.08. The molecule has 140 valence electrons. The van der Waals surface area contributed by atoms with Crippen molar-refractivity contribution in [3.05, 3.63) is 58.7 Å². The van der Waals surface area contributed by atoms with Crippen molar-refractivity contribution < 1.29 is 0 Å². The summed E-state index contributed by atoms with van der Waals surface area (Å²) in [5.41, 5.74) is 4.41. The SMILES string of the molecule is CN1CCN(c2cccc(CN(C)c3cnc4cc(Br)ccc4n3)c2)CC1. The van der Waals surface area contributed by atoms with E-state index in [-0.39, 0.29) is 0 Å². The molecule has 0 N–H and O–H groups in total. The average Bonchev–Trinajstić information content (AvgIpc) is 2.68. The molecule has 1 fully saturated rings. The highest BCUT2D eigenvalue weighted by molar-refractivity contribution is 9.10. The van der Waals surface area contributed by atoms with Gasteiger partial charge in [0, 0.05) is 49.9 Å². The van der Waals surface area contributed by atoms with Crippen LogP contribution in [-0.4, -0.2) is 55.1 Å². The van der Waals surface area contributed by atoms with E-state index >= 15 is 0 Å². The summed E-state index contributed by atoms with van der Waals surface area (Å²) in [4.78, 5) is 16.3. The fourth-order valence-electron chi connectivity index (χ4n) is 3.43. The third kappa shape index (κ3) is 4.22. The fraction of sp³-hybridized carbons (Fsp3) is 0.333. The molecular weight excluding hydrogens is 402 g/mol. The number of fused-ring (bicyclic) bond motifs is 1. The summed E-state index contributed by atoms with van der Waals surface area (Å²) < 4.78 is 1.02. The van der Waals surface area contributed by atoms with E-state index in [1.807, 2.05) is 24.4 Å². The Kier molecular flexibility index (Phi) is 5.27. The van der Waals surface area contributed by atoms with Crippen molar-refractivity contribution in [3.63, 3.8) is 0 Å². The van der Waals surface area contributed by atoms with Crippen molar-refractivity contribution in [3.8, 4) is 0 Å². The van der Waals surface area contributed by atoms with E-state index in [0.717, 1.165) is 54.0 Å². The van der Waals surface area contributed by atoms with Crippen molar-refractivity contribution in [2.24, 2.45) is 0 Å². The van der Waals surface area contributed by atoms with Gasteiger partial charge in [0.2, 0.25) is 0 Å². The first-order valence-corrected chi connectivity index (χ1v) is 10.0. The summed E-state index contributed by atoms with van der Waals surface area (Å²) in [5, 5.41) is 0. The molecule has 0 atom stereocenters. The monoisotopic (exact) mass is 425 g/mol.